The molecule has 0 saturated carbocycles. The van der Waals surface area contributed by atoms with Gasteiger partial charge in [0.15, 0.2) is 0 Å². The fraction of sp³-hybridized carbons (Fsp3) is 0.600. The van der Waals surface area contributed by atoms with Crippen LogP contribution in [0.1, 0.15) is 17.7 Å². The minimum atomic E-state index is 0.0909. The Balaban J connectivity index is 2.05. The summed E-state index contributed by atoms with van der Waals surface area (Å²) in [7, 11) is 0. The van der Waals surface area contributed by atoms with Crippen molar-refractivity contribution in [3.05, 3.63) is 17.5 Å². The summed E-state index contributed by atoms with van der Waals surface area (Å²) in [6, 6.07) is 0.417. The van der Waals surface area contributed by atoms with E-state index in [4.69, 9.17) is 15.2 Å². The molecule has 1 saturated heterocycles. The summed E-state index contributed by atoms with van der Waals surface area (Å²) < 4.78 is 10.8. The van der Waals surface area contributed by atoms with E-state index in [2.05, 4.69) is 9.97 Å². The molecule has 2 rings (SSSR count). The third-order valence-electron chi connectivity index (χ3n) is 2.44. The summed E-state index contributed by atoms with van der Waals surface area (Å²) in [6.07, 6.45) is 2.71. The lowest BCUT2D eigenvalue weighted by Gasteiger charge is -2.10. The van der Waals surface area contributed by atoms with Gasteiger partial charge in [-0.05, 0) is 6.92 Å². The molecule has 15 heavy (non-hydrogen) atoms. The molecular formula is C10H15N3O2. The third-order valence-corrected chi connectivity index (χ3v) is 2.44. The molecule has 0 radical (unpaired) electrons. The van der Waals surface area contributed by atoms with Gasteiger partial charge in [0.25, 0.3) is 0 Å². The van der Waals surface area contributed by atoms with E-state index in [0.717, 1.165) is 24.3 Å². The van der Waals surface area contributed by atoms with Gasteiger partial charge >= 0.3 is 6.01 Å². The van der Waals surface area contributed by atoms with Crippen molar-refractivity contribution in [2.24, 2.45) is 5.73 Å². The number of nitrogens with zero attached hydrogens (tertiary/aromatic N) is 2. The van der Waals surface area contributed by atoms with Crippen LogP contribution >= 0.6 is 0 Å². The smallest absolute Gasteiger partial charge is 0.316 e. The fourth-order valence-corrected chi connectivity index (χ4v) is 1.48. The first-order valence-corrected chi connectivity index (χ1v) is 5.06. The van der Waals surface area contributed by atoms with Crippen molar-refractivity contribution in [2.75, 3.05) is 13.2 Å². The van der Waals surface area contributed by atoms with Gasteiger partial charge in [0, 0.05) is 30.4 Å². The second-order valence-corrected chi connectivity index (χ2v) is 3.57. The number of rotatable bonds is 3. The topological polar surface area (TPSA) is 70.3 Å². The zero-order chi connectivity index (χ0) is 10.7. The van der Waals surface area contributed by atoms with Gasteiger partial charge in [-0.1, -0.05) is 0 Å². The van der Waals surface area contributed by atoms with Crippen molar-refractivity contribution in [1.82, 2.24) is 9.97 Å². The van der Waals surface area contributed by atoms with Crippen LogP contribution in [0.5, 0.6) is 6.01 Å². The lowest BCUT2D eigenvalue weighted by atomic mass is 10.2. The molecule has 2 N–H and O–H groups in total. The lowest BCUT2D eigenvalue weighted by Crippen LogP contribution is -2.18. The molecular weight excluding hydrogens is 194 g/mol. The molecule has 0 aromatic carbocycles. The van der Waals surface area contributed by atoms with E-state index in [0.29, 0.717) is 19.2 Å². The summed E-state index contributed by atoms with van der Waals surface area (Å²) in [5.41, 5.74) is 7.35. The maximum atomic E-state index is 5.57. The van der Waals surface area contributed by atoms with E-state index >= 15 is 0 Å². The Labute approximate surface area is 88.6 Å². The molecule has 5 nitrogen and oxygen atoms in total. The van der Waals surface area contributed by atoms with Gasteiger partial charge in [-0.2, -0.15) is 0 Å². The third kappa shape index (κ3) is 2.43. The minimum absolute atomic E-state index is 0.0909. The zero-order valence-corrected chi connectivity index (χ0v) is 8.77. The largest absolute Gasteiger partial charge is 0.458 e. The van der Waals surface area contributed by atoms with E-state index in [1.165, 1.54) is 0 Å². The quantitative estimate of drug-likeness (QED) is 0.780. The summed E-state index contributed by atoms with van der Waals surface area (Å²) in [5, 5.41) is 0. The second-order valence-electron chi connectivity index (χ2n) is 3.57. The van der Waals surface area contributed by atoms with Crippen LogP contribution in [0.15, 0.2) is 6.20 Å². The first-order chi connectivity index (χ1) is 7.29. The molecule has 0 spiro atoms. The highest BCUT2D eigenvalue weighted by Gasteiger charge is 2.18. The summed E-state index contributed by atoms with van der Waals surface area (Å²) in [4.78, 5) is 8.34. The average Bonchev–Trinajstić information content (AvgIpc) is 2.71. The van der Waals surface area contributed by atoms with E-state index < -0.39 is 0 Å². The molecule has 1 unspecified atom stereocenters. The molecule has 0 amide bonds. The Kier molecular flexibility index (Phi) is 3.13. The summed E-state index contributed by atoms with van der Waals surface area (Å²) in [6.45, 7) is 3.74. The second kappa shape index (κ2) is 4.55. The normalized spacial score (nSPS) is 20.5. The van der Waals surface area contributed by atoms with Gasteiger partial charge in [0.05, 0.1) is 13.2 Å². The van der Waals surface area contributed by atoms with Crippen LogP contribution in [-0.4, -0.2) is 29.3 Å². The maximum absolute atomic E-state index is 5.57. The van der Waals surface area contributed by atoms with Crippen LogP contribution in [0.25, 0.3) is 0 Å². The molecule has 0 bridgehead atoms. The number of ether oxygens (including phenoxy) is 2. The van der Waals surface area contributed by atoms with Crippen molar-refractivity contribution >= 4 is 0 Å². The molecule has 1 aromatic heterocycles. The van der Waals surface area contributed by atoms with E-state index in [9.17, 15) is 0 Å². The Morgan fingerprint density at radius 1 is 1.67 bits per heavy atom. The van der Waals surface area contributed by atoms with E-state index in [1.807, 2.05) is 6.92 Å². The monoisotopic (exact) mass is 209 g/mol. The van der Waals surface area contributed by atoms with Crippen molar-refractivity contribution in [1.29, 1.82) is 0 Å². The SMILES string of the molecule is Cc1nc(OC2CCOC2)ncc1CN. The van der Waals surface area contributed by atoms with Crippen molar-refractivity contribution in [2.45, 2.75) is 26.0 Å². The van der Waals surface area contributed by atoms with Crippen LogP contribution in [0.3, 0.4) is 0 Å². The first kappa shape index (κ1) is 10.3. The number of aromatic nitrogens is 2. The predicted molar refractivity (Wildman–Crippen MR) is 54.5 cm³/mol. The van der Waals surface area contributed by atoms with Crippen molar-refractivity contribution < 1.29 is 9.47 Å². The Bertz CT molecular complexity index is 337. The fourth-order valence-electron chi connectivity index (χ4n) is 1.48. The van der Waals surface area contributed by atoms with Gasteiger partial charge in [-0.15, -0.1) is 0 Å². The highest BCUT2D eigenvalue weighted by molar-refractivity contribution is 5.17. The Morgan fingerprint density at radius 2 is 2.53 bits per heavy atom. The molecule has 82 valence electrons. The van der Waals surface area contributed by atoms with Crippen LogP contribution in [-0.2, 0) is 11.3 Å². The summed E-state index contributed by atoms with van der Waals surface area (Å²) >= 11 is 0. The first-order valence-electron chi connectivity index (χ1n) is 5.06. The van der Waals surface area contributed by atoms with E-state index in [1.54, 1.807) is 6.20 Å². The van der Waals surface area contributed by atoms with Crippen molar-refractivity contribution in [3.63, 3.8) is 0 Å². The standard InChI is InChI=1S/C10H15N3O2/c1-7-8(4-11)5-12-10(13-7)15-9-2-3-14-6-9/h5,9H,2-4,6,11H2,1H3. The van der Waals surface area contributed by atoms with Crippen LogP contribution in [0.4, 0.5) is 0 Å². The number of hydrogen-bond donors (Lipinski definition) is 1. The molecule has 5 heteroatoms. The van der Waals surface area contributed by atoms with Gasteiger partial charge in [-0.25, -0.2) is 9.97 Å². The van der Waals surface area contributed by atoms with Gasteiger partial charge in [0.2, 0.25) is 0 Å². The molecule has 1 aromatic rings. The van der Waals surface area contributed by atoms with Crippen molar-refractivity contribution in [3.8, 4) is 6.01 Å². The van der Waals surface area contributed by atoms with Crippen LogP contribution < -0.4 is 10.5 Å². The molecule has 1 aliphatic rings. The highest BCUT2D eigenvalue weighted by atomic mass is 16.6. The molecule has 1 atom stereocenters. The average molecular weight is 209 g/mol. The number of nitrogens with two attached hydrogens (primary N) is 1. The Morgan fingerprint density at radius 3 is 3.13 bits per heavy atom. The van der Waals surface area contributed by atoms with Crippen LogP contribution in [0.2, 0.25) is 0 Å². The molecule has 2 heterocycles. The van der Waals surface area contributed by atoms with E-state index in [-0.39, 0.29) is 6.10 Å². The predicted octanol–water partition coefficient (Wildman–Crippen LogP) is 0.411. The highest BCUT2D eigenvalue weighted by Crippen LogP contribution is 2.13. The number of aryl methyl sites for hydroxylation is 1. The lowest BCUT2D eigenvalue weighted by molar-refractivity contribution is 0.134. The Hall–Kier alpha value is -1.20. The number of hydrogen-bond acceptors (Lipinski definition) is 5. The van der Waals surface area contributed by atoms with Gasteiger partial charge in [-0.3, -0.25) is 0 Å². The zero-order valence-electron chi connectivity index (χ0n) is 8.77. The van der Waals surface area contributed by atoms with Gasteiger partial charge < -0.3 is 15.2 Å². The maximum Gasteiger partial charge on any atom is 0.316 e. The van der Waals surface area contributed by atoms with Gasteiger partial charge in [0.1, 0.15) is 6.10 Å². The van der Waals surface area contributed by atoms with Crippen LogP contribution in [0, 0.1) is 6.92 Å². The molecule has 0 aliphatic carbocycles. The molecule has 1 aliphatic heterocycles. The summed E-state index contributed by atoms with van der Waals surface area (Å²) in [5.74, 6) is 0. The molecule has 1 fully saturated rings. The minimum Gasteiger partial charge on any atom is -0.458 e.